The highest BCUT2D eigenvalue weighted by molar-refractivity contribution is 5.33. The second-order valence-electron chi connectivity index (χ2n) is 4.33. The topological polar surface area (TPSA) is 33.0 Å². The predicted molar refractivity (Wildman–Crippen MR) is 55.7 cm³/mol. The van der Waals surface area contributed by atoms with E-state index in [1.165, 1.54) is 12.1 Å². The van der Waals surface area contributed by atoms with Crippen molar-refractivity contribution in [2.75, 3.05) is 0 Å². The number of nitriles is 1. The van der Waals surface area contributed by atoms with Gasteiger partial charge in [0.1, 0.15) is 11.9 Å². The van der Waals surface area contributed by atoms with Gasteiger partial charge in [0.15, 0.2) is 0 Å². The van der Waals surface area contributed by atoms with Crippen molar-refractivity contribution in [1.82, 2.24) is 0 Å². The summed E-state index contributed by atoms with van der Waals surface area (Å²) in [4.78, 5) is 0. The summed E-state index contributed by atoms with van der Waals surface area (Å²) in [5.41, 5.74) is 0.556. The molecule has 0 bridgehead atoms. The zero-order valence-corrected chi connectivity index (χ0v) is 9.17. The Bertz CT molecular complexity index is 388. The molecule has 0 aliphatic heterocycles. The van der Waals surface area contributed by atoms with Crippen molar-refractivity contribution in [3.05, 3.63) is 35.1 Å². The fourth-order valence-electron chi connectivity index (χ4n) is 1.04. The molecular weight excluding hydrogens is 193 g/mol. The molecule has 0 amide bonds. The van der Waals surface area contributed by atoms with Crippen LogP contribution >= 0.6 is 0 Å². The minimum atomic E-state index is -0.493. The molecule has 0 fully saturated rings. The molecule has 0 saturated heterocycles. The van der Waals surface area contributed by atoms with Gasteiger partial charge in [0.05, 0.1) is 17.8 Å². The first kappa shape index (κ1) is 11.7. The normalized spacial score (nSPS) is 11.1. The number of halogens is 1. The van der Waals surface area contributed by atoms with E-state index in [1.807, 2.05) is 20.8 Å². The number of hydrogen-bond donors (Lipinski definition) is 0. The van der Waals surface area contributed by atoms with E-state index in [2.05, 4.69) is 0 Å². The molecule has 0 radical (unpaired) electrons. The maximum absolute atomic E-state index is 13.2. The van der Waals surface area contributed by atoms with Gasteiger partial charge in [-0.15, -0.1) is 0 Å². The minimum Gasteiger partial charge on any atom is -0.371 e. The van der Waals surface area contributed by atoms with Gasteiger partial charge >= 0.3 is 0 Å². The quantitative estimate of drug-likeness (QED) is 0.746. The van der Waals surface area contributed by atoms with Gasteiger partial charge in [-0.1, -0.05) is 6.07 Å². The molecule has 0 aromatic heterocycles. The number of nitrogens with zero attached hydrogens (tertiary/aromatic N) is 1. The van der Waals surface area contributed by atoms with Gasteiger partial charge in [0, 0.05) is 0 Å². The maximum atomic E-state index is 13.2. The summed E-state index contributed by atoms with van der Waals surface area (Å²) in [6, 6.07) is 6.29. The van der Waals surface area contributed by atoms with Crippen molar-refractivity contribution in [3.8, 4) is 6.07 Å². The Kier molecular flexibility index (Phi) is 3.43. The summed E-state index contributed by atoms with van der Waals surface area (Å²) in [6.45, 7) is 6.17. The summed E-state index contributed by atoms with van der Waals surface area (Å²) in [5.74, 6) is -0.493. The molecule has 1 rings (SSSR count). The highest BCUT2D eigenvalue weighted by Gasteiger charge is 2.10. The largest absolute Gasteiger partial charge is 0.371 e. The monoisotopic (exact) mass is 207 g/mol. The van der Waals surface area contributed by atoms with Crippen molar-refractivity contribution in [1.29, 1.82) is 5.26 Å². The van der Waals surface area contributed by atoms with Crippen LogP contribution in [0.15, 0.2) is 18.2 Å². The van der Waals surface area contributed by atoms with E-state index in [0.717, 1.165) is 5.56 Å². The van der Waals surface area contributed by atoms with Gasteiger partial charge in [0.25, 0.3) is 0 Å². The fourth-order valence-corrected chi connectivity index (χ4v) is 1.04. The van der Waals surface area contributed by atoms with Crippen LogP contribution in [0.3, 0.4) is 0 Å². The highest BCUT2D eigenvalue weighted by atomic mass is 19.1. The zero-order chi connectivity index (χ0) is 11.5. The third-order valence-corrected chi connectivity index (χ3v) is 1.83. The number of hydrogen-bond acceptors (Lipinski definition) is 2. The fraction of sp³-hybridized carbons (Fsp3) is 0.417. The molecule has 1 aromatic rings. The molecule has 0 atom stereocenters. The molecule has 0 spiro atoms. The Morgan fingerprint density at radius 3 is 2.53 bits per heavy atom. The average molecular weight is 207 g/mol. The second-order valence-corrected chi connectivity index (χ2v) is 4.33. The Hall–Kier alpha value is -1.40. The Morgan fingerprint density at radius 1 is 1.40 bits per heavy atom. The van der Waals surface area contributed by atoms with Gasteiger partial charge in [-0.3, -0.25) is 0 Å². The van der Waals surface area contributed by atoms with Crippen LogP contribution in [0.4, 0.5) is 4.39 Å². The lowest BCUT2D eigenvalue weighted by Crippen LogP contribution is -2.18. The van der Waals surface area contributed by atoms with E-state index in [9.17, 15) is 4.39 Å². The average Bonchev–Trinajstić information content (AvgIpc) is 2.14. The van der Waals surface area contributed by atoms with Gasteiger partial charge in [0.2, 0.25) is 0 Å². The first-order valence-electron chi connectivity index (χ1n) is 4.75. The third kappa shape index (κ3) is 3.69. The summed E-state index contributed by atoms with van der Waals surface area (Å²) in [6.07, 6.45) is 0. The van der Waals surface area contributed by atoms with E-state index >= 15 is 0 Å². The molecule has 0 unspecified atom stereocenters. The number of rotatable bonds is 2. The predicted octanol–water partition coefficient (Wildman–Crippen LogP) is 3.01. The third-order valence-electron chi connectivity index (χ3n) is 1.83. The Morgan fingerprint density at radius 2 is 2.07 bits per heavy atom. The van der Waals surface area contributed by atoms with Gasteiger partial charge in [-0.25, -0.2) is 4.39 Å². The van der Waals surface area contributed by atoms with Crippen LogP contribution in [-0.4, -0.2) is 5.60 Å². The molecule has 0 N–H and O–H groups in total. The van der Waals surface area contributed by atoms with Crippen molar-refractivity contribution < 1.29 is 9.13 Å². The van der Waals surface area contributed by atoms with Crippen molar-refractivity contribution >= 4 is 0 Å². The molecule has 2 nitrogen and oxygen atoms in total. The molecule has 0 heterocycles. The lowest BCUT2D eigenvalue weighted by atomic mass is 10.1. The van der Waals surface area contributed by atoms with Crippen LogP contribution in [-0.2, 0) is 11.3 Å². The van der Waals surface area contributed by atoms with Gasteiger partial charge in [-0.05, 0) is 38.5 Å². The lowest BCUT2D eigenvalue weighted by molar-refractivity contribution is -0.0150. The molecule has 3 heteroatoms. The van der Waals surface area contributed by atoms with E-state index in [1.54, 1.807) is 12.1 Å². The van der Waals surface area contributed by atoms with Gasteiger partial charge in [-0.2, -0.15) is 5.26 Å². The molecule has 80 valence electrons. The van der Waals surface area contributed by atoms with Crippen molar-refractivity contribution in [2.45, 2.75) is 33.0 Å². The van der Waals surface area contributed by atoms with E-state index < -0.39 is 5.82 Å². The SMILES string of the molecule is CC(C)(C)OCc1ccc(C#N)c(F)c1. The Balaban J connectivity index is 2.73. The van der Waals surface area contributed by atoms with Crippen LogP contribution < -0.4 is 0 Å². The first-order chi connectivity index (χ1) is 6.92. The van der Waals surface area contributed by atoms with Crippen LogP contribution in [0.5, 0.6) is 0 Å². The van der Waals surface area contributed by atoms with Crippen molar-refractivity contribution in [3.63, 3.8) is 0 Å². The van der Waals surface area contributed by atoms with E-state index in [-0.39, 0.29) is 11.2 Å². The number of benzene rings is 1. The first-order valence-corrected chi connectivity index (χ1v) is 4.75. The molecule has 0 aliphatic rings. The lowest BCUT2D eigenvalue weighted by Gasteiger charge is -2.19. The van der Waals surface area contributed by atoms with Crippen LogP contribution in [0.2, 0.25) is 0 Å². The molecule has 0 aliphatic carbocycles. The van der Waals surface area contributed by atoms with Crippen LogP contribution in [0, 0.1) is 17.1 Å². The molecule has 0 saturated carbocycles. The van der Waals surface area contributed by atoms with E-state index in [0.29, 0.717) is 6.61 Å². The van der Waals surface area contributed by atoms with Crippen molar-refractivity contribution in [2.24, 2.45) is 0 Å². The maximum Gasteiger partial charge on any atom is 0.141 e. The zero-order valence-electron chi connectivity index (χ0n) is 9.17. The molecule has 15 heavy (non-hydrogen) atoms. The minimum absolute atomic E-state index is 0.0644. The van der Waals surface area contributed by atoms with Gasteiger partial charge < -0.3 is 4.74 Å². The summed E-state index contributed by atoms with van der Waals surface area (Å²) >= 11 is 0. The van der Waals surface area contributed by atoms with Crippen LogP contribution in [0.25, 0.3) is 0 Å². The van der Waals surface area contributed by atoms with Crippen LogP contribution in [0.1, 0.15) is 31.9 Å². The molecule has 1 aromatic carbocycles. The summed E-state index contributed by atoms with van der Waals surface area (Å²) in [5, 5.41) is 8.55. The summed E-state index contributed by atoms with van der Waals surface area (Å²) < 4.78 is 18.7. The summed E-state index contributed by atoms with van der Waals surface area (Å²) in [7, 11) is 0. The molecular formula is C12H14FNO. The Labute approximate surface area is 89.3 Å². The van der Waals surface area contributed by atoms with E-state index in [4.69, 9.17) is 10.00 Å². The second kappa shape index (κ2) is 4.41. The number of ether oxygens (including phenoxy) is 1. The highest BCUT2D eigenvalue weighted by Crippen LogP contribution is 2.14. The smallest absolute Gasteiger partial charge is 0.141 e. The standard InChI is InChI=1S/C12H14FNO/c1-12(2,3)15-8-9-4-5-10(7-14)11(13)6-9/h4-6H,8H2,1-3H3.